The summed E-state index contributed by atoms with van der Waals surface area (Å²) in [5.74, 6) is 0.252. The molecule has 64 valence electrons. The quantitative estimate of drug-likeness (QED) is 0.454. The first kappa shape index (κ1) is 7.92. The maximum Gasteiger partial charge on any atom is 0.230 e. The number of carbonyl (C=O) groups is 1. The molecule has 1 amide bonds. The number of amides is 1. The zero-order valence-corrected chi connectivity index (χ0v) is 7.75. The van der Waals surface area contributed by atoms with Gasteiger partial charge in [-0.1, -0.05) is 18.2 Å². The fourth-order valence-corrected chi connectivity index (χ4v) is 2.73. The van der Waals surface area contributed by atoms with E-state index in [2.05, 4.69) is 18.2 Å². The fourth-order valence-electron chi connectivity index (χ4n) is 1.40. The van der Waals surface area contributed by atoms with E-state index in [9.17, 15) is 4.79 Å². The normalized spacial score (nSPS) is 33.8. The van der Waals surface area contributed by atoms with Crippen LogP contribution >= 0.6 is 11.8 Å². The van der Waals surface area contributed by atoms with Crippen molar-refractivity contribution in [3.8, 4) is 0 Å². The van der Waals surface area contributed by atoms with Gasteiger partial charge in [-0.15, -0.1) is 11.8 Å². The van der Waals surface area contributed by atoms with Gasteiger partial charge in [0.1, 0.15) is 0 Å². The lowest BCUT2D eigenvalue weighted by molar-refractivity contribution is -0.137. The summed E-state index contributed by atoms with van der Waals surface area (Å²) in [5, 5.41) is 0.869. The Hall–Kier alpha value is -0.700. The molecule has 1 fully saturated rings. The Kier molecular flexibility index (Phi) is 1.97. The second-order valence-electron chi connectivity index (χ2n) is 2.93. The Morgan fingerprint density at radius 2 is 2.58 bits per heavy atom. The van der Waals surface area contributed by atoms with E-state index >= 15 is 0 Å². The van der Waals surface area contributed by atoms with Crippen molar-refractivity contribution < 1.29 is 4.79 Å². The van der Waals surface area contributed by atoms with Gasteiger partial charge in [0.25, 0.3) is 0 Å². The van der Waals surface area contributed by atoms with Gasteiger partial charge >= 0.3 is 0 Å². The molecule has 0 N–H and O–H groups in total. The molecule has 2 nitrogen and oxygen atoms in total. The molecule has 2 atom stereocenters. The number of nitrogens with zero attached hydrogens (tertiary/aromatic N) is 1. The van der Waals surface area contributed by atoms with Crippen LogP contribution in [0.5, 0.6) is 0 Å². The number of rotatable bonds is 1. The van der Waals surface area contributed by atoms with Gasteiger partial charge < -0.3 is 4.90 Å². The summed E-state index contributed by atoms with van der Waals surface area (Å²) in [7, 11) is 0. The van der Waals surface area contributed by atoms with E-state index in [1.54, 1.807) is 0 Å². The number of fused-ring (bicyclic) bond motifs is 1. The molecule has 0 aromatic rings. The van der Waals surface area contributed by atoms with Crippen molar-refractivity contribution in [1.82, 2.24) is 4.90 Å². The summed E-state index contributed by atoms with van der Waals surface area (Å²) in [5.41, 5.74) is 0. The number of thioether (sulfide) groups is 1. The minimum Gasteiger partial charge on any atom is -0.306 e. The Bertz CT molecular complexity index is 259. The molecular weight excluding hydrogens is 170 g/mol. The summed E-state index contributed by atoms with van der Waals surface area (Å²) in [6.45, 7) is 2.02. The maximum atomic E-state index is 11.0. The second-order valence-corrected chi connectivity index (χ2v) is 4.29. The van der Waals surface area contributed by atoms with E-state index in [-0.39, 0.29) is 5.91 Å². The Morgan fingerprint density at radius 3 is 3.17 bits per heavy atom. The Morgan fingerprint density at radius 1 is 1.75 bits per heavy atom. The van der Waals surface area contributed by atoms with Crippen molar-refractivity contribution in [2.75, 3.05) is 0 Å². The molecule has 2 rings (SSSR count). The highest BCUT2D eigenvalue weighted by molar-refractivity contribution is 8.00. The van der Waals surface area contributed by atoms with Crippen LogP contribution in [-0.2, 0) is 4.79 Å². The molecule has 0 spiro atoms. The van der Waals surface area contributed by atoms with E-state index in [1.807, 2.05) is 29.8 Å². The van der Waals surface area contributed by atoms with E-state index in [0.29, 0.717) is 17.0 Å². The second kappa shape index (κ2) is 2.98. The van der Waals surface area contributed by atoms with Gasteiger partial charge in [0.2, 0.25) is 5.91 Å². The predicted molar refractivity (Wildman–Crippen MR) is 50.6 cm³/mol. The first-order valence-electron chi connectivity index (χ1n) is 4.09. The van der Waals surface area contributed by atoms with E-state index in [4.69, 9.17) is 0 Å². The topological polar surface area (TPSA) is 20.3 Å². The van der Waals surface area contributed by atoms with Crippen LogP contribution in [0.25, 0.3) is 0 Å². The van der Waals surface area contributed by atoms with E-state index < -0.39 is 0 Å². The minimum atomic E-state index is 0.252. The van der Waals surface area contributed by atoms with Gasteiger partial charge in [-0.3, -0.25) is 4.79 Å². The van der Waals surface area contributed by atoms with Crippen molar-refractivity contribution in [1.29, 1.82) is 0 Å². The van der Waals surface area contributed by atoms with Gasteiger partial charge in [-0.25, -0.2) is 0 Å². The van der Waals surface area contributed by atoms with Crippen LogP contribution in [0.3, 0.4) is 0 Å². The molecule has 0 saturated carbocycles. The molecule has 0 bridgehead atoms. The summed E-state index contributed by atoms with van der Waals surface area (Å²) >= 11 is 1.84. The highest BCUT2D eigenvalue weighted by Gasteiger charge is 2.38. The first-order chi connectivity index (χ1) is 5.81. The first-order valence-corrected chi connectivity index (χ1v) is 5.03. The molecule has 2 aliphatic rings. The lowest BCUT2D eigenvalue weighted by Gasteiger charge is -2.41. The smallest absolute Gasteiger partial charge is 0.230 e. The Balaban J connectivity index is 2.05. The zero-order chi connectivity index (χ0) is 8.55. The van der Waals surface area contributed by atoms with Crippen LogP contribution in [0.4, 0.5) is 0 Å². The summed E-state index contributed by atoms with van der Waals surface area (Å²) in [4.78, 5) is 12.8. The van der Waals surface area contributed by atoms with Gasteiger partial charge in [-0.05, 0) is 6.92 Å². The van der Waals surface area contributed by atoms with Crippen LogP contribution < -0.4 is 0 Å². The molecule has 0 aromatic heterocycles. The fraction of sp³-hybridized carbons (Fsp3) is 0.444. The largest absolute Gasteiger partial charge is 0.306 e. The summed E-state index contributed by atoms with van der Waals surface area (Å²) < 4.78 is 0. The monoisotopic (exact) mass is 181 g/mol. The van der Waals surface area contributed by atoms with Crippen LogP contribution in [0.2, 0.25) is 0 Å². The number of allylic oxidation sites excluding steroid dienone is 1. The van der Waals surface area contributed by atoms with E-state index in [0.717, 1.165) is 0 Å². The average Bonchev–Trinajstić information content (AvgIpc) is 2.03. The number of carbonyl (C=O) groups excluding carboxylic acids is 1. The van der Waals surface area contributed by atoms with Gasteiger partial charge in [-0.2, -0.15) is 0 Å². The number of hydrogen-bond acceptors (Lipinski definition) is 2. The SMILES string of the molecule is C/C=C\C1C=CN2C(=O)C[C@H]2S1. The Labute approximate surface area is 76.3 Å². The van der Waals surface area contributed by atoms with Crippen molar-refractivity contribution in [2.24, 2.45) is 0 Å². The van der Waals surface area contributed by atoms with Gasteiger partial charge in [0.05, 0.1) is 11.8 Å². The average molecular weight is 181 g/mol. The molecule has 2 aliphatic heterocycles. The summed E-state index contributed by atoms with van der Waals surface area (Å²) in [6, 6.07) is 0. The van der Waals surface area contributed by atoms with Crippen LogP contribution in [0, 0.1) is 0 Å². The molecule has 1 unspecified atom stereocenters. The standard InChI is InChI=1S/C9H11NOS/c1-2-3-7-4-5-10-8(11)6-9(10)12-7/h2-5,7,9H,6H2,1H3/b3-2-/t7?,9-/m1/s1. The van der Waals surface area contributed by atoms with Crippen molar-refractivity contribution in [3.05, 3.63) is 24.4 Å². The van der Waals surface area contributed by atoms with Crippen LogP contribution in [0.15, 0.2) is 24.4 Å². The lowest BCUT2D eigenvalue weighted by atomic mass is 10.2. The predicted octanol–water partition coefficient (Wildman–Crippen LogP) is 1.75. The maximum absolute atomic E-state index is 11.0. The number of β-lactam (4-membered cyclic amide) rings is 1. The van der Waals surface area contributed by atoms with Crippen molar-refractivity contribution in [2.45, 2.75) is 24.0 Å². The zero-order valence-electron chi connectivity index (χ0n) is 6.93. The van der Waals surface area contributed by atoms with Crippen molar-refractivity contribution >= 4 is 17.7 Å². The molecule has 0 radical (unpaired) electrons. The minimum absolute atomic E-state index is 0.252. The third kappa shape index (κ3) is 1.18. The molecule has 2 heterocycles. The molecule has 12 heavy (non-hydrogen) atoms. The molecule has 0 aliphatic carbocycles. The molecular formula is C9H11NOS. The third-order valence-electron chi connectivity index (χ3n) is 2.08. The molecule has 3 heteroatoms. The third-order valence-corrected chi connectivity index (χ3v) is 3.42. The van der Waals surface area contributed by atoms with E-state index in [1.165, 1.54) is 0 Å². The molecule has 1 saturated heterocycles. The summed E-state index contributed by atoms with van der Waals surface area (Å²) in [6.07, 6.45) is 8.90. The lowest BCUT2D eigenvalue weighted by Crippen LogP contribution is -2.49. The molecule has 0 aromatic carbocycles. The van der Waals surface area contributed by atoms with Crippen LogP contribution in [0.1, 0.15) is 13.3 Å². The highest BCUT2D eigenvalue weighted by atomic mass is 32.2. The highest BCUT2D eigenvalue weighted by Crippen LogP contribution is 2.37. The van der Waals surface area contributed by atoms with Crippen molar-refractivity contribution in [3.63, 3.8) is 0 Å². The van der Waals surface area contributed by atoms with Gasteiger partial charge in [0, 0.05) is 11.4 Å². The number of hydrogen-bond donors (Lipinski definition) is 0. The van der Waals surface area contributed by atoms with Crippen LogP contribution in [-0.4, -0.2) is 21.4 Å². The van der Waals surface area contributed by atoms with Gasteiger partial charge in [0.15, 0.2) is 0 Å².